The number of aryl methyl sites for hydroxylation is 1. The molecule has 26 heavy (non-hydrogen) atoms. The van der Waals surface area contributed by atoms with Crippen molar-refractivity contribution in [2.45, 2.75) is 31.9 Å². The van der Waals surface area contributed by atoms with E-state index in [0.717, 1.165) is 6.07 Å². The fraction of sp³-hybridized carbons (Fsp3) is 0.312. The van der Waals surface area contributed by atoms with Crippen LogP contribution in [-0.4, -0.2) is 16.7 Å². The molecule has 2 rings (SSSR count). The van der Waals surface area contributed by atoms with Crippen molar-refractivity contribution in [2.24, 2.45) is 0 Å². The lowest BCUT2D eigenvalue weighted by molar-refractivity contribution is -0.156. The molecule has 1 heterocycles. The van der Waals surface area contributed by atoms with Crippen LogP contribution in [-0.2, 0) is 12.7 Å². The van der Waals surface area contributed by atoms with Crippen LogP contribution in [0.15, 0.2) is 36.5 Å². The summed E-state index contributed by atoms with van der Waals surface area (Å²) in [5.74, 6) is -1.08. The predicted molar refractivity (Wildman–Crippen MR) is 82.8 cm³/mol. The first-order chi connectivity index (χ1) is 11.9. The number of nitrogens with one attached hydrogen (secondary N) is 1. The summed E-state index contributed by atoms with van der Waals surface area (Å²) in [5, 5.41) is 1.20. The maximum atomic E-state index is 13.4. The summed E-state index contributed by atoms with van der Waals surface area (Å²) >= 11 is 5.69. The summed E-state index contributed by atoms with van der Waals surface area (Å²) in [7, 11) is 0. The number of nitrogens with zero attached hydrogens (tertiary/aromatic N) is 1. The fourth-order valence-corrected chi connectivity index (χ4v) is 2.60. The molecule has 0 aliphatic carbocycles. The minimum Gasteiger partial charge on any atom is -0.344 e. The molecule has 1 unspecified atom stereocenters. The highest BCUT2D eigenvalue weighted by atomic mass is 35.5. The van der Waals surface area contributed by atoms with Gasteiger partial charge in [-0.25, -0.2) is 0 Å². The van der Waals surface area contributed by atoms with Crippen LogP contribution in [0.4, 0.5) is 26.3 Å². The third kappa shape index (κ3) is 4.32. The Morgan fingerprint density at radius 1 is 1.19 bits per heavy atom. The van der Waals surface area contributed by atoms with Crippen molar-refractivity contribution in [1.82, 2.24) is 9.88 Å². The SMILES string of the molecule is CCn1cccc1C(=O)NC(c1cc(C(F)(F)F)ccc1Cl)C(F)(F)F. The molecule has 0 aliphatic rings. The molecular formula is C16H13ClF6N2O. The topological polar surface area (TPSA) is 34.0 Å². The number of alkyl halides is 6. The first kappa shape index (κ1) is 20.2. The van der Waals surface area contributed by atoms with Crippen LogP contribution in [0.25, 0.3) is 0 Å². The Hall–Kier alpha value is -2.16. The quantitative estimate of drug-likeness (QED) is 0.704. The number of rotatable bonds is 4. The molecule has 0 saturated carbocycles. The van der Waals surface area contributed by atoms with Crippen molar-refractivity contribution in [3.63, 3.8) is 0 Å². The molecule has 142 valence electrons. The van der Waals surface area contributed by atoms with Gasteiger partial charge in [-0.15, -0.1) is 0 Å². The van der Waals surface area contributed by atoms with E-state index in [4.69, 9.17) is 11.6 Å². The van der Waals surface area contributed by atoms with Crippen molar-refractivity contribution < 1.29 is 31.1 Å². The number of aromatic nitrogens is 1. The summed E-state index contributed by atoms with van der Waals surface area (Å²) < 4.78 is 80.2. The minimum atomic E-state index is -5.05. The Balaban J connectivity index is 2.45. The number of amides is 1. The van der Waals surface area contributed by atoms with Crippen molar-refractivity contribution in [3.05, 3.63) is 58.4 Å². The van der Waals surface area contributed by atoms with Gasteiger partial charge in [-0.3, -0.25) is 4.79 Å². The molecule has 3 nitrogen and oxygen atoms in total. The average molecular weight is 399 g/mol. The second kappa shape index (κ2) is 7.22. The zero-order valence-corrected chi connectivity index (χ0v) is 14.0. The van der Waals surface area contributed by atoms with Gasteiger partial charge >= 0.3 is 12.4 Å². The van der Waals surface area contributed by atoms with E-state index in [-0.39, 0.29) is 5.69 Å². The highest BCUT2D eigenvalue weighted by molar-refractivity contribution is 6.31. The molecule has 0 bridgehead atoms. The zero-order valence-electron chi connectivity index (χ0n) is 13.2. The summed E-state index contributed by atoms with van der Waals surface area (Å²) in [4.78, 5) is 12.2. The molecule has 0 aliphatic heterocycles. The van der Waals surface area contributed by atoms with Crippen molar-refractivity contribution in [2.75, 3.05) is 0 Å². The lowest BCUT2D eigenvalue weighted by Gasteiger charge is -2.24. The molecule has 10 heteroatoms. The maximum Gasteiger partial charge on any atom is 0.416 e. The lowest BCUT2D eigenvalue weighted by atomic mass is 10.0. The molecule has 1 atom stereocenters. The van der Waals surface area contributed by atoms with E-state index in [2.05, 4.69) is 0 Å². The van der Waals surface area contributed by atoms with Crippen LogP contribution < -0.4 is 5.32 Å². The van der Waals surface area contributed by atoms with Crippen LogP contribution in [0.5, 0.6) is 0 Å². The fourth-order valence-electron chi connectivity index (χ4n) is 2.38. The summed E-state index contributed by atoms with van der Waals surface area (Å²) in [5.41, 5.74) is -2.22. The van der Waals surface area contributed by atoms with Crippen LogP contribution in [0.2, 0.25) is 5.02 Å². The Morgan fingerprint density at radius 2 is 1.85 bits per heavy atom. The van der Waals surface area contributed by atoms with Gasteiger partial charge in [0, 0.05) is 23.3 Å². The zero-order chi connectivity index (χ0) is 19.7. The lowest BCUT2D eigenvalue weighted by Crippen LogP contribution is -2.39. The first-order valence-corrected chi connectivity index (χ1v) is 7.72. The highest BCUT2D eigenvalue weighted by Gasteiger charge is 2.44. The van der Waals surface area contributed by atoms with E-state index in [9.17, 15) is 31.1 Å². The standard InChI is InChI=1S/C16H13ClF6N2O/c1-2-25-7-3-4-12(25)14(26)24-13(16(21,22)23)10-8-9(15(18,19)20)5-6-11(10)17/h3-8,13H,2H2,1H3,(H,24,26). The van der Waals surface area contributed by atoms with E-state index < -0.39 is 40.5 Å². The average Bonchev–Trinajstić information content (AvgIpc) is 2.99. The normalized spacial score (nSPS) is 13.5. The number of hydrogen-bond donors (Lipinski definition) is 1. The summed E-state index contributed by atoms with van der Waals surface area (Å²) in [6.07, 6.45) is -8.40. The van der Waals surface area contributed by atoms with E-state index in [1.54, 1.807) is 12.2 Å². The molecule has 0 radical (unpaired) electrons. The number of carbonyl (C=O) groups excluding carboxylic acids is 1. The van der Waals surface area contributed by atoms with Gasteiger partial charge in [0.05, 0.1) is 5.56 Å². The van der Waals surface area contributed by atoms with Crippen molar-refractivity contribution in [3.8, 4) is 0 Å². The van der Waals surface area contributed by atoms with Gasteiger partial charge in [-0.2, -0.15) is 26.3 Å². The monoisotopic (exact) mass is 398 g/mol. The minimum absolute atomic E-state index is 0.0511. The van der Waals surface area contributed by atoms with Gasteiger partial charge < -0.3 is 9.88 Å². The number of hydrogen-bond acceptors (Lipinski definition) is 1. The molecule has 1 aromatic carbocycles. The number of benzene rings is 1. The van der Waals surface area contributed by atoms with E-state index in [1.165, 1.54) is 22.9 Å². The summed E-state index contributed by atoms with van der Waals surface area (Å²) in [6, 6.07) is 1.67. The van der Waals surface area contributed by atoms with Gasteiger partial charge in [0.1, 0.15) is 5.69 Å². The van der Waals surface area contributed by atoms with Crippen molar-refractivity contribution in [1.29, 1.82) is 0 Å². The third-order valence-electron chi connectivity index (χ3n) is 3.64. The molecular weight excluding hydrogens is 386 g/mol. The second-order valence-corrected chi connectivity index (χ2v) is 5.77. The van der Waals surface area contributed by atoms with E-state index >= 15 is 0 Å². The van der Waals surface area contributed by atoms with Gasteiger partial charge in [0.2, 0.25) is 0 Å². The smallest absolute Gasteiger partial charge is 0.344 e. The molecule has 1 N–H and O–H groups in total. The molecule has 1 aromatic heterocycles. The van der Waals surface area contributed by atoms with Crippen LogP contribution >= 0.6 is 11.6 Å². The Labute approximate surface area is 149 Å². The van der Waals surface area contributed by atoms with Crippen LogP contribution in [0, 0.1) is 0 Å². The van der Waals surface area contributed by atoms with Gasteiger partial charge in [-0.05, 0) is 37.3 Å². The van der Waals surface area contributed by atoms with Crippen LogP contribution in [0.3, 0.4) is 0 Å². The molecule has 0 spiro atoms. The number of carbonyl (C=O) groups is 1. The second-order valence-electron chi connectivity index (χ2n) is 5.36. The van der Waals surface area contributed by atoms with Gasteiger partial charge in [0.15, 0.2) is 6.04 Å². The Morgan fingerprint density at radius 3 is 2.38 bits per heavy atom. The largest absolute Gasteiger partial charge is 0.416 e. The Kier molecular flexibility index (Phi) is 5.60. The summed E-state index contributed by atoms with van der Waals surface area (Å²) in [6.45, 7) is 2.01. The molecule has 2 aromatic rings. The molecule has 0 saturated heterocycles. The van der Waals surface area contributed by atoms with Crippen molar-refractivity contribution >= 4 is 17.5 Å². The third-order valence-corrected chi connectivity index (χ3v) is 3.98. The van der Waals surface area contributed by atoms with Gasteiger partial charge in [-0.1, -0.05) is 11.6 Å². The Bertz CT molecular complexity index is 797. The maximum absolute atomic E-state index is 13.4. The van der Waals surface area contributed by atoms with Crippen LogP contribution in [0.1, 0.15) is 34.6 Å². The highest BCUT2D eigenvalue weighted by Crippen LogP contribution is 2.39. The van der Waals surface area contributed by atoms with E-state index in [1.807, 2.05) is 0 Å². The first-order valence-electron chi connectivity index (χ1n) is 7.34. The van der Waals surface area contributed by atoms with E-state index in [0.29, 0.717) is 18.7 Å². The molecule has 0 fully saturated rings. The van der Waals surface area contributed by atoms with Gasteiger partial charge in [0.25, 0.3) is 5.91 Å². The number of halogens is 7. The predicted octanol–water partition coefficient (Wildman–Crippen LogP) is 5.21. The molecule has 1 amide bonds.